The number of aryl methyl sites for hydroxylation is 1. The van der Waals surface area contributed by atoms with E-state index in [0.717, 1.165) is 38.4 Å². The molecular formula is C15H21N5O2. The van der Waals surface area contributed by atoms with Crippen molar-refractivity contribution in [3.8, 4) is 0 Å². The highest BCUT2D eigenvalue weighted by Gasteiger charge is 2.31. The van der Waals surface area contributed by atoms with Crippen molar-refractivity contribution in [1.29, 1.82) is 0 Å². The van der Waals surface area contributed by atoms with Crippen molar-refractivity contribution < 1.29 is 9.26 Å². The van der Waals surface area contributed by atoms with Crippen LogP contribution >= 0.6 is 0 Å². The Morgan fingerprint density at radius 1 is 1.32 bits per heavy atom. The minimum absolute atomic E-state index is 0.00560. The number of nitrogens with zero attached hydrogens (tertiary/aromatic N) is 5. The zero-order valence-corrected chi connectivity index (χ0v) is 12.8. The van der Waals surface area contributed by atoms with Crippen molar-refractivity contribution in [3.63, 3.8) is 0 Å². The Morgan fingerprint density at radius 3 is 2.91 bits per heavy atom. The molecule has 0 N–H and O–H groups in total. The van der Waals surface area contributed by atoms with E-state index in [1.165, 1.54) is 18.4 Å². The van der Waals surface area contributed by atoms with Crippen molar-refractivity contribution in [2.45, 2.75) is 50.9 Å². The third-order valence-electron chi connectivity index (χ3n) is 4.24. The van der Waals surface area contributed by atoms with Crippen LogP contribution in [0.2, 0.25) is 0 Å². The summed E-state index contributed by atoms with van der Waals surface area (Å²) in [5.41, 5.74) is 1.22. The lowest BCUT2D eigenvalue weighted by molar-refractivity contribution is 0.0835. The summed E-state index contributed by atoms with van der Waals surface area (Å²) in [5.74, 6) is 1.38. The molecule has 1 aliphatic carbocycles. The summed E-state index contributed by atoms with van der Waals surface area (Å²) in [6, 6.07) is 0.630. The lowest BCUT2D eigenvalue weighted by Crippen LogP contribution is -2.25. The summed E-state index contributed by atoms with van der Waals surface area (Å²) in [4.78, 5) is 6.93. The van der Waals surface area contributed by atoms with Gasteiger partial charge in [-0.1, -0.05) is 5.16 Å². The molecule has 1 saturated carbocycles. The van der Waals surface area contributed by atoms with E-state index in [-0.39, 0.29) is 6.10 Å². The summed E-state index contributed by atoms with van der Waals surface area (Å²) in [5, 5.41) is 8.37. The van der Waals surface area contributed by atoms with Crippen LogP contribution in [0.4, 0.5) is 0 Å². The van der Waals surface area contributed by atoms with E-state index >= 15 is 0 Å². The first-order valence-corrected chi connectivity index (χ1v) is 7.93. The third-order valence-corrected chi connectivity index (χ3v) is 4.24. The van der Waals surface area contributed by atoms with Crippen molar-refractivity contribution in [1.82, 2.24) is 24.8 Å². The lowest BCUT2D eigenvalue weighted by atomic mass is 10.2. The van der Waals surface area contributed by atoms with Crippen LogP contribution in [0.3, 0.4) is 0 Å². The van der Waals surface area contributed by atoms with Gasteiger partial charge in [0.05, 0.1) is 12.7 Å². The van der Waals surface area contributed by atoms with E-state index in [1.807, 2.05) is 17.9 Å². The smallest absolute Gasteiger partial charge is 0.255 e. The van der Waals surface area contributed by atoms with Gasteiger partial charge < -0.3 is 9.26 Å². The molecule has 1 saturated heterocycles. The van der Waals surface area contributed by atoms with Gasteiger partial charge in [-0.25, -0.2) is 0 Å². The molecule has 2 aliphatic rings. The Balaban J connectivity index is 1.43. The summed E-state index contributed by atoms with van der Waals surface area (Å²) in [7, 11) is 1.94. The molecule has 22 heavy (non-hydrogen) atoms. The Bertz CT molecular complexity index is 627. The van der Waals surface area contributed by atoms with Gasteiger partial charge in [0.1, 0.15) is 6.10 Å². The molecule has 7 heteroatoms. The molecule has 4 rings (SSSR count). The topological polar surface area (TPSA) is 69.2 Å². The van der Waals surface area contributed by atoms with Gasteiger partial charge in [0.15, 0.2) is 5.82 Å². The van der Waals surface area contributed by atoms with Crippen molar-refractivity contribution in [3.05, 3.63) is 29.7 Å². The SMILES string of the molecule is Cn1cc(CN(Cc2noc([C@@H]3CCCO3)n2)C2CC2)cn1. The molecule has 0 spiro atoms. The van der Waals surface area contributed by atoms with Gasteiger partial charge >= 0.3 is 0 Å². The van der Waals surface area contributed by atoms with Gasteiger partial charge in [-0.05, 0) is 25.7 Å². The zero-order valence-electron chi connectivity index (χ0n) is 12.8. The second kappa shape index (κ2) is 5.81. The molecule has 0 amide bonds. The first-order valence-electron chi connectivity index (χ1n) is 7.93. The number of rotatable bonds is 6. The van der Waals surface area contributed by atoms with Gasteiger partial charge in [-0.3, -0.25) is 9.58 Å². The van der Waals surface area contributed by atoms with Crippen LogP contribution in [0.1, 0.15) is 49.1 Å². The largest absolute Gasteiger partial charge is 0.368 e. The highest BCUT2D eigenvalue weighted by atomic mass is 16.5. The minimum atomic E-state index is -0.00560. The maximum atomic E-state index is 5.59. The van der Waals surface area contributed by atoms with Crippen LogP contribution < -0.4 is 0 Å². The predicted octanol–water partition coefficient (Wildman–Crippen LogP) is 1.82. The van der Waals surface area contributed by atoms with Crippen LogP contribution in [0.25, 0.3) is 0 Å². The molecule has 3 heterocycles. The van der Waals surface area contributed by atoms with Gasteiger partial charge in [0.2, 0.25) is 0 Å². The molecule has 2 aromatic rings. The number of aromatic nitrogens is 4. The van der Waals surface area contributed by atoms with Crippen LogP contribution in [0, 0.1) is 0 Å². The van der Waals surface area contributed by atoms with Gasteiger partial charge in [0, 0.05) is 38.0 Å². The number of ether oxygens (including phenoxy) is 1. The fourth-order valence-electron chi connectivity index (χ4n) is 2.96. The van der Waals surface area contributed by atoms with Crippen molar-refractivity contribution in [2.75, 3.05) is 6.61 Å². The van der Waals surface area contributed by atoms with Crippen molar-refractivity contribution in [2.24, 2.45) is 7.05 Å². The lowest BCUT2D eigenvalue weighted by Gasteiger charge is -2.19. The normalized spacial score (nSPS) is 21.8. The van der Waals surface area contributed by atoms with E-state index in [0.29, 0.717) is 11.9 Å². The summed E-state index contributed by atoms with van der Waals surface area (Å²) < 4.78 is 12.8. The fourth-order valence-corrected chi connectivity index (χ4v) is 2.96. The fraction of sp³-hybridized carbons (Fsp3) is 0.667. The average Bonchev–Trinajstić information content (AvgIpc) is 2.93. The molecule has 118 valence electrons. The maximum Gasteiger partial charge on any atom is 0.255 e. The number of hydrogen-bond acceptors (Lipinski definition) is 6. The molecule has 2 fully saturated rings. The van der Waals surface area contributed by atoms with E-state index in [2.05, 4.69) is 26.3 Å². The first kappa shape index (κ1) is 13.9. The second-order valence-corrected chi connectivity index (χ2v) is 6.21. The molecule has 2 aromatic heterocycles. The summed E-state index contributed by atoms with van der Waals surface area (Å²) in [6.45, 7) is 2.38. The van der Waals surface area contributed by atoms with E-state index in [9.17, 15) is 0 Å². The van der Waals surface area contributed by atoms with E-state index in [1.54, 1.807) is 0 Å². The Kier molecular flexibility index (Phi) is 3.67. The average molecular weight is 303 g/mol. The Morgan fingerprint density at radius 2 is 2.23 bits per heavy atom. The standard InChI is InChI=1S/C15H21N5O2/c1-19-8-11(7-16-19)9-20(12-4-5-12)10-14-17-15(22-18-14)13-3-2-6-21-13/h7-8,12-13H,2-6,9-10H2,1H3/t13-/m0/s1. The minimum Gasteiger partial charge on any atom is -0.368 e. The Labute approximate surface area is 129 Å². The predicted molar refractivity (Wildman–Crippen MR) is 77.7 cm³/mol. The molecule has 0 unspecified atom stereocenters. The van der Waals surface area contributed by atoms with Crippen LogP contribution in [0.15, 0.2) is 16.9 Å². The third kappa shape index (κ3) is 3.05. The second-order valence-electron chi connectivity index (χ2n) is 6.21. The highest BCUT2D eigenvalue weighted by Crippen LogP contribution is 2.30. The maximum absolute atomic E-state index is 5.59. The van der Waals surface area contributed by atoms with Crippen LogP contribution in [-0.2, 0) is 24.9 Å². The van der Waals surface area contributed by atoms with E-state index in [4.69, 9.17) is 9.26 Å². The zero-order chi connectivity index (χ0) is 14.9. The Hall–Kier alpha value is -1.73. The molecular weight excluding hydrogens is 282 g/mol. The molecule has 7 nitrogen and oxygen atoms in total. The molecule has 0 bridgehead atoms. The van der Waals surface area contributed by atoms with Crippen molar-refractivity contribution >= 4 is 0 Å². The van der Waals surface area contributed by atoms with Crippen LogP contribution in [-0.4, -0.2) is 37.5 Å². The summed E-state index contributed by atoms with van der Waals surface area (Å²) >= 11 is 0. The monoisotopic (exact) mass is 303 g/mol. The van der Waals surface area contributed by atoms with Crippen LogP contribution in [0.5, 0.6) is 0 Å². The number of hydrogen-bond donors (Lipinski definition) is 0. The van der Waals surface area contributed by atoms with Gasteiger partial charge in [-0.15, -0.1) is 0 Å². The van der Waals surface area contributed by atoms with E-state index < -0.39 is 0 Å². The highest BCUT2D eigenvalue weighted by molar-refractivity contribution is 5.05. The quantitative estimate of drug-likeness (QED) is 0.811. The molecule has 1 aliphatic heterocycles. The molecule has 1 atom stereocenters. The first-order chi connectivity index (χ1) is 10.8. The van der Waals surface area contributed by atoms with Gasteiger partial charge in [0.25, 0.3) is 5.89 Å². The molecule has 0 radical (unpaired) electrons. The van der Waals surface area contributed by atoms with Gasteiger partial charge in [-0.2, -0.15) is 10.1 Å². The summed E-state index contributed by atoms with van der Waals surface area (Å²) in [6.07, 6.45) is 8.51. The molecule has 0 aromatic carbocycles.